The summed E-state index contributed by atoms with van der Waals surface area (Å²) < 4.78 is 0. The highest BCUT2D eigenvalue weighted by atomic mass is 79.9. The average molecular weight is 570 g/mol. The molecule has 2 heterocycles. The number of amides is 3. The number of likely N-dealkylation sites (N-methyl/N-ethyl adjacent to an activating group) is 1. The van der Waals surface area contributed by atoms with Gasteiger partial charge in [0.1, 0.15) is 6.04 Å². The van der Waals surface area contributed by atoms with Gasteiger partial charge >= 0.3 is 0 Å². The lowest BCUT2D eigenvalue weighted by Gasteiger charge is -2.39. The first-order valence-electron chi connectivity index (χ1n) is 13.8. The van der Waals surface area contributed by atoms with Crippen LogP contribution in [0.25, 0.3) is 0 Å². The molecule has 2 aliphatic rings. The van der Waals surface area contributed by atoms with Crippen LogP contribution in [0.15, 0.2) is 11.6 Å². The Bertz CT molecular complexity index is 790. The molecule has 0 aromatic rings. The number of piperidine rings is 2. The minimum Gasteiger partial charge on any atom is -0.343 e. The first-order valence-corrected chi connectivity index (χ1v) is 14.7. The second kappa shape index (κ2) is 13.9. The normalized spacial score (nSPS) is 22.2. The van der Waals surface area contributed by atoms with E-state index in [1.54, 1.807) is 11.9 Å². The number of likely N-dealkylation sites (tertiary alicyclic amines) is 2. The van der Waals surface area contributed by atoms with Gasteiger partial charge in [-0.05, 0) is 64.8 Å². The van der Waals surface area contributed by atoms with Gasteiger partial charge in [-0.25, -0.2) is 0 Å². The Morgan fingerprint density at radius 3 is 2.08 bits per heavy atom. The van der Waals surface area contributed by atoms with E-state index in [4.69, 9.17) is 0 Å². The van der Waals surface area contributed by atoms with Crippen LogP contribution in [0.3, 0.4) is 0 Å². The molecule has 0 bridgehead atoms. The molecule has 0 aliphatic carbocycles. The zero-order chi connectivity index (χ0) is 27.2. The molecule has 8 heteroatoms. The quantitative estimate of drug-likeness (QED) is 0.334. The predicted octanol–water partition coefficient (Wildman–Crippen LogP) is 4.21. The number of nitrogens with zero attached hydrogens (tertiary/aromatic N) is 3. The number of hydrogen-bond donors (Lipinski definition) is 1. The molecule has 0 saturated carbocycles. The fourth-order valence-electron chi connectivity index (χ4n) is 5.36. The van der Waals surface area contributed by atoms with Crippen LogP contribution in [-0.4, -0.2) is 88.1 Å². The summed E-state index contributed by atoms with van der Waals surface area (Å²) in [6.45, 7) is 16.6. The van der Waals surface area contributed by atoms with Crippen molar-refractivity contribution < 1.29 is 14.4 Å². The van der Waals surface area contributed by atoms with Gasteiger partial charge < -0.3 is 15.1 Å². The zero-order valence-electron chi connectivity index (χ0n) is 23.7. The third kappa shape index (κ3) is 8.04. The molecule has 2 saturated heterocycles. The molecule has 206 valence electrons. The molecule has 0 spiro atoms. The molecular weight excluding hydrogens is 520 g/mol. The molecule has 7 nitrogen and oxygen atoms in total. The molecule has 3 atom stereocenters. The summed E-state index contributed by atoms with van der Waals surface area (Å²) in [5.41, 5.74) is 0.668. The van der Waals surface area contributed by atoms with E-state index < -0.39 is 6.04 Å². The van der Waals surface area contributed by atoms with Crippen LogP contribution in [-0.2, 0) is 14.4 Å². The van der Waals surface area contributed by atoms with E-state index in [0.29, 0.717) is 10.4 Å². The van der Waals surface area contributed by atoms with Gasteiger partial charge in [-0.15, -0.1) is 0 Å². The summed E-state index contributed by atoms with van der Waals surface area (Å²) in [4.78, 5) is 46.5. The summed E-state index contributed by atoms with van der Waals surface area (Å²) in [5.74, 6) is -0.0541. The fraction of sp³-hybridized carbons (Fsp3) is 0.821. The van der Waals surface area contributed by atoms with Gasteiger partial charge in [0.05, 0.1) is 12.1 Å². The lowest BCUT2D eigenvalue weighted by atomic mass is 9.95. The second-order valence-electron chi connectivity index (χ2n) is 11.6. The second-order valence-corrected chi connectivity index (χ2v) is 12.9. The van der Waals surface area contributed by atoms with Gasteiger partial charge in [-0.1, -0.05) is 56.1 Å². The Labute approximate surface area is 227 Å². The zero-order valence-corrected chi connectivity index (χ0v) is 25.3. The molecule has 0 radical (unpaired) electrons. The van der Waals surface area contributed by atoms with Crippen molar-refractivity contribution in [3.8, 4) is 0 Å². The van der Waals surface area contributed by atoms with Gasteiger partial charge in [0.2, 0.25) is 17.7 Å². The van der Waals surface area contributed by atoms with Crippen LogP contribution in [0.2, 0.25) is 0 Å². The summed E-state index contributed by atoms with van der Waals surface area (Å²) >= 11 is 3.64. The fourth-order valence-corrected chi connectivity index (χ4v) is 5.77. The van der Waals surface area contributed by atoms with Crippen molar-refractivity contribution in [3.63, 3.8) is 0 Å². The Balaban J connectivity index is 2.16. The lowest BCUT2D eigenvalue weighted by molar-refractivity contribution is -0.140. The molecular formula is C28H49BrN4O3. The van der Waals surface area contributed by atoms with Gasteiger partial charge in [0, 0.05) is 36.6 Å². The molecule has 1 N–H and O–H groups in total. The van der Waals surface area contributed by atoms with E-state index >= 15 is 0 Å². The van der Waals surface area contributed by atoms with Crippen LogP contribution < -0.4 is 5.32 Å². The van der Waals surface area contributed by atoms with Crippen molar-refractivity contribution in [1.82, 2.24) is 20.0 Å². The molecule has 0 aromatic carbocycles. The summed E-state index contributed by atoms with van der Waals surface area (Å²) in [6.07, 6.45) is 6.80. The average Bonchev–Trinajstić information content (AvgIpc) is 2.84. The van der Waals surface area contributed by atoms with Gasteiger partial charge in [0.25, 0.3) is 0 Å². The number of rotatable bonds is 9. The van der Waals surface area contributed by atoms with E-state index in [1.165, 1.54) is 0 Å². The number of hydrogen-bond acceptors (Lipinski definition) is 4. The highest BCUT2D eigenvalue weighted by Gasteiger charge is 2.36. The topological polar surface area (TPSA) is 73.0 Å². The van der Waals surface area contributed by atoms with E-state index in [9.17, 15) is 14.4 Å². The maximum Gasteiger partial charge on any atom is 0.249 e. The smallest absolute Gasteiger partial charge is 0.249 e. The number of nitrogens with one attached hydrogen (secondary N) is 1. The highest BCUT2D eigenvalue weighted by molar-refractivity contribution is 9.09. The van der Waals surface area contributed by atoms with Crippen molar-refractivity contribution in [1.29, 1.82) is 0 Å². The van der Waals surface area contributed by atoms with Gasteiger partial charge in [0.15, 0.2) is 0 Å². The Morgan fingerprint density at radius 1 is 0.944 bits per heavy atom. The minimum atomic E-state index is -0.609. The maximum atomic E-state index is 13.7. The maximum absolute atomic E-state index is 13.7. The lowest BCUT2D eigenvalue weighted by Crippen LogP contribution is -2.58. The molecule has 0 aromatic heterocycles. The van der Waals surface area contributed by atoms with E-state index in [-0.39, 0.29) is 47.7 Å². The summed E-state index contributed by atoms with van der Waals surface area (Å²) in [6, 6.07) is -0.757. The minimum absolute atomic E-state index is 0.0423. The molecule has 2 aliphatic heterocycles. The first-order chi connectivity index (χ1) is 16.8. The Kier molecular flexibility index (Phi) is 11.9. The van der Waals surface area contributed by atoms with Crippen molar-refractivity contribution >= 4 is 33.7 Å². The van der Waals surface area contributed by atoms with Crippen LogP contribution in [0.1, 0.15) is 80.6 Å². The van der Waals surface area contributed by atoms with Crippen LogP contribution >= 0.6 is 15.9 Å². The third-order valence-electron chi connectivity index (χ3n) is 7.69. The summed E-state index contributed by atoms with van der Waals surface area (Å²) in [7, 11) is 1.79. The Hall–Kier alpha value is -1.41. The standard InChI is InChI=1S/C28H49BrN4O3/c1-18(2)24(17-21(7)27(35)32-15-12-22(29)13-16-32)31(8)28(36)25(19(3)4)30-26(34)23-11-9-10-14-33(23)20(5)6/h17-20,22-25H,9-16H2,1-8H3,(H,30,34)/t23?,24-,25+/m1/s1. The number of carbonyl (C=O) groups excluding carboxylic acids is 3. The monoisotopic (exact) mass is 568 g/mol. The SMILES string of the molecule is CC(=C[C@H](C(C)C)N(C)C(=O)[C@@H](NC(=O)C1CCCCN1C(C)C)C(C)C)C(=O)N1CCC(Br)CC1. The van der Waals surface area contributed by atoms with E-state index in [0.717, 1.165) is 51.7 Å². The first kappa shape index (κ1) is 30.8. The van der Waals surface area contributed by atoms with E-state index in [1.807, 2.05) is 31.7 Å². The summed E-state index contributed by atoms with van der Waals surface area (Å²) in [5, 5.41) is 3.11. The number of alkyl halides is 1. The van der Waals surface area contributed by atoms with E-state index in [2.05, 4.69) is 53.8 Å². The molecule has 2 fully saturated rings. The molecule has 36 heavy (non-hydrogen) atoms. The Morgan fingerprint density at radius 2 is 1.56 bits per heavy atom. The number of carbonyl (C=O) groups is 3. The van der Waals surface area contributed by atoms with Crippen molar-refractivity contribution in [2.45, 2.75) is 110 Å². The molecule has 3 amide bonds. The third-order valence-corrected chi connectivity index (χ3v) is 8.60. The largest absolute Gasteiger partial charge is 0.343 e. The van der Waals surface area contributed by atoms with Gasteiger partial charge in [-0.2, -0.15) is 0 Å². The van der Waals surface area contributed by atoms with Crippen LogP contribution in [0.4, 0.5) is 0 Å². The van der Waals surface area contributed by atoms with Crippen LogP contribution in [0, 0.1) is 11.8 Å². The van der Waals surface area contributed by atoms with Crippen LogP contribution in [0.5, 0.6) is 0 Å². The molecule has 2 rings (SSSR count). The number of halogens is 1. The van der Waals surface area contributed by atoms with Crippen molar-refractivity contribution in [3.05, 3.63) is 11.6 Å². The highest BCUT2D eigenvalue weighted by Crippen LogP contribution is 2.23. The molecule has 1 unspecified atom stereocenters. The van der Waals surface area contributed by atoms with Crippen molar-refractivity contribution in [2.24, 2.45) is 11.8 Å². The van der Waals surface area contributed by atoms with Crippen molar-refractivity contribution in [2.75, 3.05) is 26.7 Å². The predicted molar refractivity (Wildman–Crippen MR) is 150 cm³/mol. The van der Waals surface area contributed by atoms with Gasteiger partial charge in [-0.3, -0.25) is 19.3 Å².